The molecule has 0 bridgehead atoms. The van der Waals surface area contributed by atoms with Crippen molar-refractivity contribution >= 4 is 11.8 Å². The van der Waals surface area contributed by atoms with Crippen LogP contribution in [-0.2, 0) is 22.7 Å². The van der Waals surface area contributed by atoms with Crippen molar-refractivity contribution in [2.24, 2.45) is 5.73 Å². The maximum Gasteiger partial charge on any atom is 0.229 e. The van der Waals surface area contributed by atoms with Gasteiger partial charge in [0.05, 0.1) is 6.54 Å². The van der Waals surface area contributed by atoms with Crippen LogP contribution in [-0.4, -0.2) is 16.7 Å². The Morgan fingerprint density at radius 1 is 0.909 bits per heavy atom. The topological polar surface area (TPSA) is 63.4 Å². The molecule has 112 valence electrons. The number of amides is 2. The number of carbonyl (C=O) groups is 2. The van der Waals surface area contributed by atoms with E-state index in [0.29, 0.717) is 25.9 Å². The fraction of sp³-hybridized carbons (Fsp3) is 0.222. The van der Waals surface area contributed by atoms with Crippen molar-refractivity contribution < 1.29 is 9.59 Å². The number of likely N-dealkylation sites (tertiary alicyclic amines) is 1. The Morgan fingerprint density at radius 3 is 2.18 bits per heavy atom. The van der Waals surface area contributed by atoms with Gasteiger partial charge in [0.25, 0.3) is 0 Å². The molecule has 2 aromatic rings. The first kappa shape index (κ1) is 14.5. The molecule has 0 spiro atoms. The molecule has 22 heavy (non-hydrogen) atoms. The lowest BCUT2D eigenvalue weighted by Gasteiger charge is -2.14. The summed E-state index contributed by atoms with van der Waals surface area (Å²) in [5.41, 5.74) is 10.0. The predicted molar refractivity (Wildman–Crippen MR) is 84.6 cm³/mol. The molecule has 1 heterocycles. The highest BCUT2D eigenvalue weighted by Gasteiger charge is 2.28. The predicted octanol–water partition coefficient (Wildman–Crippen LogP) is 2.46. The van der Waals surface area contributed by atoms with Gasteiger partial charge in [-0.3, -0.25) is 14.5 Å². The largest absolute Gasteiger partial charge is 0.326 e. The first-order chi connectivity index (χ1) is 10.7. The smallest absolute Gasteiger partial charge is 0.229 e. The second-order valence-electron chi connectivity index (χ2n) is 5.43. The molecule has 0 aliphatic carbocycles. The quantitative estimate of drug-likeness (QED) is 0.881. The summed E-state index contributed by atoms with van der Waals surface area (Å²) >= 11 is 0. The van der Waals surface area contributed by atoms with Gasteiger partial charge in [-0.15, -0.1) is 0 Å². The Bertz CT molecular complexity index is 691. The van der Waals surface area contributed by atoms with Crippen LogP contribution < -0.4 is 5.73 Å². The fourth-order valence-corrected chi connectivity index (χ4v) is 2.75. The van der Waals surface area contributed by atoms with Crippen LogP contribution in [0, 0.1) is 0 Å². The van der Waals surface area contributed by atoms with E-state index in [-0.39, 0.29) is 11.8 Å². The molecular formula is C18H18N2O2. The van der Waals surface area contributed by atoms with Gasteiger partial charge in [-0.05, 0) is 22.3 Å². The van der Waals surface area contributed by atoms with Crippen molar-refractivity contribution in [1.82, 2.24) is 4.90 Å². The minimum absolute atomic E-state index is 0.0810. The lowest BCUT2D eigenvalue weighted by atomic mass is 9.98. The Kier molecular flexibility index (Phi) is 4.02. The molecule has 0 radical (unpaired) electrons. The summed E-state index contributed by atoms with van der Waals surface area (Å²) in [6.45, 7) is 0.852. The monoisotopic (exact) mass is 294 g/mol. The number of nitrogens with zero attached hydrogens (tertiary/aromatic N) is 1. The molecule has 2 aromatic carbocycles. The Morgan fingerprint density at radius 2 is 1.55 bits per heavy atom. The average molecular weight is 294 g/mol. The normalized spacial score (nSPS) is 14.7. The number of imide groups is 1. The van der Waals surface area contributed by atoms with Gasteiger partial charge in [-0.1, -0.05) is 48.5 Å². The molecule has 1 fully saturated rings. The van der Waals surface area contributed by atoms with Crippen LogP contribution in [0.25, 0.3) is 11.1 Å². The Balaban J connectivity index is 1.81. The van der Waals surface area contributed by atoms with Gasteiger partial charge >= 0.3 is 0 Å². The van der Waals surface area contributed by atoms with Crippen molar-refractivity contribution in [3.05, 3.63) is 59.7 Å². The zero-order valence-electron chi connectivity index (χ0n) is 12.3. The van der Waals surface area contributed by atoms with E-state index in [4.69, 9.17) is 5.73 Å². The molecule has 4 nitrogen and oxygen atoms in total. The highest BCUT2D eigenvalue weighted by atomic mass is 16.2. The van der Waals surface area contributed by atoms with Gasteiger partial charge in [0.2, 0.25) is 11.8 Å². The molecule has 1 saturated heterocycles. The molecule has 1 aliphatic heterocycles. The minimum Gasteiger partial charge on any atom is -0.326 e. The van der Waals surface area contributed by atoms with Gasteiger partial charge in [0.1, 0.15) is 0 Å². The molecule has 3 rings (SSSR count). The van der Waals surface area contributed by atoms with Gasteiger partial charge in [0, 0.05) is 19.4 Å². The van der Waals surface area contributed by atoms with Crippen LogP contribution in [0.15, 0.2) is 48.5 Å². The van der Waals surface area contributed by atoms with Crippen molar-refractivity contribution in [3.8, 4) is 11.1 Å². The van der Waals surface area contributed by atoms with E-state index >= 15 is 0 Å². The molecular weight excluding hydrogens is 276 g/mol. The zero-order valence-corrected chi connectivity index (χ0v) is 12.3. The van der Waals surface area contributed by atoms with Crippen LogP contribution in [0.5, 0.6) is 0 Å². The Labute approximate surface area is 129 Å². The second-order valence-corrected chi connectivity index (χ2v) is 5.43. The summed E-state index contributed by atoms with van der Waals surface area (Å²) in [7, 11) is 0. The third-order valence-corrected chi connectivity index (χ3v) is 4.00. The first-order valence-corrected chi connectivity index (χ1v) is 7.39. The zero-order chi connectivity index (χ0) is 15.5. The van der Waals surface area contributed by atoms with Gasteiger partial charge in [-0.25, -0.2) is 0 Å². The molecule has 0 unspecified atom stereocenters. The number of rotatable bonds is 4. The van der Waals surface area contributed by atoms with E-state index in [1.165, 1.54) is 4.90 Å². The van der Waals surface area contributed by atoms with Gasteiger partial charge in [0.15, 0.2) is 0 Å². The third-order valence-electron chi connectivity index (χ3n) is 4.00. The lowest BCUT2D eigenvalue weighted by molar-refractivity contribution is -0.139. The number of nitrogens with two attached hydrogens (primary N) is 1. The minimum atomic E-state index is -0.0810. The molecule has 4 heteroatoms. The summed E-state index contributed by atoms with van der Waals surface area (Å²) in [5, 5.41) is 0. The average Bonchev–Trinajstić information content (AvgIpc) is 2.87. The summed E-state index contributed by atoms with van der Waals surface area (Å²) in [6, 6.07) is 16.0. The second kappa shape index (κ2) is 6.12. The number of hydrogen-bond acceptors (Lipinski definition) is 3. The molecule has 0 saturated carbocycles. The van der Waals surface area contributed by atoms with E-state index in [1.807, 2.05) is 48.5 Å². The highest BCUT2D eigenvalue weighted by Crippen LogP contribution is 2.24. The summed E-state index contributed by atoms with van der Waals surface area (Å²) < 4.78 is 0. The van der Waals surface area contributed by atoms with Crippen LogP contribution in [0.3, 0.4) is 0 Å². The first-order valence-electron chi connectivity index (χ1n) is 7.39. The van der Waals surface area contributed by atoms with E-state index in [1.54, 1.807) is 0 Å². The van der Waals surface area contributed by atoms with E-state index in [9.17, 15) is 9.59 Å². The van der Waals surface area contributed by atoms with Crippen LogP contribution >= 0.6 is 0 Å². The maximum absolute atomic E-state index is 11.7. The van der Waals surface area contributed by atoms with Crippen molar-refractivity contribution in [2.45, 2.75) is 25.9 Å². The van der Waals surface area contributed by atoms with E-state index in [0.717, 1.165) is 22.3 Å². The molecule has 2 amide bonds. The third kappa shape index (κ3) is 2.78. The molecule has 0 aromatic heterocycles. The SMILES string of the molecule is NCc1ccccc1-c1ccc(CN2C(=O)CCC2=O)cc1. The summed E-state index contributed by atoms with van der Waals surface area (Å²) in [4.78, 5) is 24.6. The summed E-state index contributed by atoms with van der Waals surface area (Å²) in [6.07, 6.45) is 0.668. The van der Waals surface area contributed by atoms with Crippen molar-refractivity contribution in [2.75, 3.05) is 0 Å². The highest BCUT2D eigenvalue weighted by molar-refractivity contribution is 6.01. The van der Waals surface area contributed by atoms with E-state index in [2.05, 4.69) is 0 Å². The lowest BCUT2D eigenvalue weighted by Crippen LogP contribution is -2.28. The Hall–Kier alpha value is -2.46. The van der Waals surface area contributed by atoms with Crippen molar-refractivity contribution in [1.29, 1.82) is 0 Å². The van der Waals surface area contributed by atoms with E-state index < -0.39 is 0 Å². The van der Waals surface area contributed by atoms with Crippen LogP contribution in [0.4, 0.5) is 0 Å². The van der Waals surface area contributed by atoms with Crippen LogP contribution in [0.2, 0.25) is 0 Å². The number of carbonyl (C=O) groups excluding carboxylic acids is 2. The molecule has 0 atom stereocenters. The molecule has 2 N–H and O–H groups in total. The van der Waals surface area contributed by atoms with Crippen LogP contribution in [0.1, 0.15) is 24.0 Å². The summed E-state index contributed by atoms with van der Waals surface area (Å²) in [5.74, 6) is -0.162. The fourth-order valence-electron chi connectivity index (χ4n) is 2.75. The number of hydrogen-bond donors (Lipinski definition) is 1. The number of benzene rings is 2. The van der Waals surface area contributed by atoms with Gasteiger partial charge in [-0.2, -0.15) is 0 Å². The molecule has 1 aliphatic rings. The van der Waals surface area contributed by atoms with Gasteiger partial charge < -0.3 is 5.73 Å². The maximum atomic E-state index is 11.7. The standard InChI is InChI=1S/C18H18N2O2/c19-11-15-3-1-2-4-16(15)14-7-5-13(6-8-14)12-20-17(21)9-10-18(20)22/h1-8H,9-12,19H2. The van der Waals surface area contributed by atoms with Crippen molar-refractivity contribution in [3.63, 3.8) is 0 Å².